The molecule has 2 rings (SSSR count). The van der Waals surface area contributed by atoms with Gasteiger partial charge in [-0.3, -0.25) is 4.79 Å². The maximum absolute atomic E-state index is 12.1. The van der Waals surface area contributed by atoms with E-state index in [1.54, 1.807) is 14.0 Å². The second-order valence-corrected chi connectivity index (χ2v) is 8.50. The molecular formula is C19H25BrO2. The highest BCUT2D eigenvalue weighted by Gasteiger charge is 2.36. The summed E-state index contributed by atoms with van der Waals surface area (Å²) in [4.78, 5) is 12.1. The number of carbonyl (C=O) groups is 1. The van der Waals surface area contributed by atoms with Crippen LogP contribution in [0.4, 0.5) is 0 Å². The summed E-state index contributed by atoms with van der Waals surface area (Å²) in [7, 11) is 1.62. The van der Waals surface area contributed by atoms with Gasteiger partial charge in [0.15, 0.2) is 5.78 Å². The number of methoxy groups -OCH3 is 1. The first-order valence-electron chi connectivity index (χ1n) is 7.63. The zero-order valence-corrected chi connectivity index (χ0v) is 16.1. The monoisotopic (exact) mass is 364 g/mol. The minimum atomic E-state index is 0.00547. The number of benzene rings is 1. The Morgan fingerprint density at radius 3 is 2.36 bits per heavy atom. The van der Waals surface area contributed by atoms with Crippen LogP contribution in [0.3, 0.4) is 0 Å². The zero-order chi connectivity index (χ0) is 16.9. The number of Topliss-reactive ketones (excluding diaryl/α,β-unsaturated/α-hetero) is 1. The summed E-state index contributed by atoms with van der Waals surface area (Å²) in [5, 5.41) is 0. The summed E-state index contributed by atoms with van der Waals surface area (Å²) in [6.45, 7) is 12.7. The number of hydrogen-bond donors (Lipinski definition) is 0. The first kappa shape index (κ1) is 17.3. The van der Waals surface area contributed by atoms with Gasteiger partial charge >= 0.3 is 0 Å². The number of allylic oxidation sites excluding steroid dienone is 2. The Labute approximate surface area is 142 Å². The van der Waals surface area contributed by atoms with E-state index in [2.05, 4.69) is 56.6 Å². The van der Waals surface area contributed by atoms with Crippen LogP contribution in [-0.4, -0.2) is 12.9 Å². The second-order valence-electron chi connectivity index (χ2n) is 7.71. The third kappa shape index (κ3) is 2.76. The molecule has 1 aliphatic carbocycles. The summed E-state index contributed by atoms with van der Waals surface area (Å²) in [5.74, 6) is 0.673. The fraction of sp³-hybridized carbons (Fsp3) is 0.526. The van der Waals surface area contributed by atoms with Gasteiger partial charge in [-0.15, -0.1) is 0 Å². The van der Waals surface area contributed by atoms with Gasteiger partial charge in [0.25, 0.3) is 0 Å². The molecule has 0 unspecified atom stereocenters. The molecule has 0 atom stereocenters. The fourth-order valence-electron chi connectivity index (χ4n) is 3.25. The average molecular weight is 365 g/mol. The van der Waals surface area contributed by atoms with Crippen molar-refractivity contribution in [2.24, 2.45) is 5.41 Å². The van der Waals surface area contributed by atoms with Crippen molar-refractivity contribution in [3.8, 4) is 5.75 Å². The second kappa shape index (κ2) is 5.52. The van der Waals surface area contributed by atoms with Crippen LogP contribution in [0.25, 0.3) is 5.57 Å². The van der Waals surface area contributed by atoms with E-state index in [0.29, 0.717) is 11.3 Å². The van der Waals surface area contributed by atoms with Crippen molar-refractivity contribution < 1.29 is 9.53 Å². The van der Waals surface area contributed by atoms with Gasteiger partial charge in [-0.05, 0) is 62.9 Å². The highest BCUT2D eigenvalue weighted by Crippen LogP contribution is 2.51. The smallest absolute Gasteiger partial charge is 0.163 e. The molecule has 22 heavy (non-hydrogen) atoms. The van der Waals surface area contributed by atoms with E-state index in [1.807, 2.05) is 6.07 Å². The van der Waals surface area contributed by atoms with E-state index in [-0.39, 0.29) is 16.6 Å². The lowest BCUT2D eigenvalue weighted by molar-refractivity contribution is 0.101. The maximum atomic E-state index is 12.1. The number of rotatable bonds is 2. The topological polar surface area (TPSA) is 26.3 Å². The minimum Gasteiger partial charge on any atom is -0.495 e. The van der Waals surface area contributed by atoms with E-state index < -0.39 is 0 Å². The molecule has 0 bridgehead atoms. The summed E-state index contributed by atoms with van der Waals surface area (Å²) in [5.41, 5.74) is 4.39. The molecule has 3 heteroatoms. The summed E-state index contributed by atoms with van der Waals surface area (Å²) in [6.07, 6.45) is 3.30. The minimum absolute atomic E-state index is 0.00547. The quantitative estimate of drug-likeness (QED) is 0.622. The lowest BCUT2D eigenvalue weighted by atomic mass is 9.67. The van der Waals surface area contributed by atoms with Crippen molar-refractivity contribution in [2.45, 2.75) is 53.4 Å². The van der Waals surface area contributed by atoms with Gasteiger partial charge in [0, 0.05) is 0 Å². The van der Waals surface area contributed by atoms with Crippen LogP contribution in [0.1, 0.15) is 69.4 Å². The standard InChI is InChI=1S/C19H25BrO2/c1-11(21)12-10-13-14(18(2,3)4)8-9-19(5,6)15(13)16(20)17(12)22-7/h8,10H,9H2,1-7H3. The predicted octanol–water partition coefficient (Wildman–Crippen LogP) is 5.77. The fourth-order valence-corrected chi connectivity index (χ4v) is 4.37. The van der Waals surface area contributed by atoms with E-state index >= 15 is 0 Å². The molecule has 0 saturated carbocycles. The number of carbonyl (C=O) groups excluding carboxylic acids is 1. The average Bonchev–Trinajstić information content (AvgIpc) is 2.35. The Bertz CT molecular complexity index is 661. The highest BCUT2D eigenvalue weighted by atomic mass is 79.9. The molecule has 0 spiro atoms. The molecule has 0 heterocycles. The number of fused-ring (bicyclic) bond motifs is 1. The van der Waals surface area contributed by atoms with Crippen LogP contribution < -0.4 is 4.74 Å². The Morgan fingerprint density at radius 1 is 1.32 bits per heavy atom. The van der Waals surface area contributed by atoms with Crippen LogP contribution in [-0.2, 0) is 5.41 Å². The van der Waals surface area contributed by atoms with Gasteiger partial charge in [0.2, 0.25) is 0 Å². The number of ether oxygens (including phenoxy) is 1. The van der Waals surface area contributed by atoms with Gasteiger partial charge < -0.3 is 4.74 Å². The Hall–Kier alpha value is -1.09. The number of hydrogen-bond acceptors (Lipinski definition) is 2. The van der Waals surface area contributed by atoms with Crippen molar-refractivity contribution in [3.63, 3.8) is 0 Å². The zero-order valence-electron chi connectivity index (χ0n) is 14.6. The normalized spacial score (nSPS) is 16.8. The maximum Gasteiger partial charge on any atom is 0.163 e. The third-order valence-corrected chi connectivity index (χ3v) is 5.15. The van der Waals surface area contributed by atoms with Crippen LogP contribution in [0.5, 0.6) is 5.75 Å². The van der Waals surface area contributed by atoms with Crippen molar-refractivity contribution in [1.29, 1.82) is 0 Å². The lowest BCUT2D eigenvalue weighted by Gasteiger charge is -2.38. The van der Waals surface area contributed by atoms with E-state index in [9.17, 15) is 4.79 Å². The molecule has 0 N–H and O–H groups in total. The molecule has 1 aromatic carbocycles. The van der Waals surface area contributed by atoms with Gasteiger partial charge in [-0.1, -0.05) is 40.7 Å². The molecule has 1 aliphatic rings. The third-order valence-electron chi connectivity index (χ3n) is 4.40. The molecule has 0 fully saturated rings. The summed E-state index contributed by atoms with van der Waals surface area (Å²) < 4.78 is 6.44. The van der Waals surface area contributed by atoms with Crippen LogP contribution >= 0.6 is 15.9 Å². The van der Waals surface area contributed by atoms with Crippen molar-refractivity contribution in [2.75, 3.05) is 7.11 Å². The Balaban J connectivity index is 2.88. The first-order chi connectivity index (χ1) is 10.0. The largest absolute Gasteiger partial charge is 0.495 e. The summed E-state index contributed by atoms with van der Waals surface area (Å²) >= 11 is 3.71. The Morgan fingerprint density at radius 2 is 1.91 bits per heavy atom. The van der Waals surface area contributed by atoms with Gasteiger partial charge in [0.1, 0.15) is 5.75 Å². The molecule has 1 aromatic rings. The summed E-state index contributed by atoms with van der Waals surface area (Å²) in [6, 6.07) is 2.01. The predicted molar refractivity (Wildman–Crippen MR) is 95.8 cm³/mol. The highest BCUT2D eigenvalue weighted by molar-refractivity contribution is 9.10. The molecule has 0 aliphatic heterocycles. The molecule has 0 radical (unpaired) electrons. The van der Waals surface area contributed by atoms with E-state index in [1.165, 1.54) is 16.7 Å². The van der Waals surface area contributed by atoms with Gasteiger partial charge in [0.05, 0.1) is 17.1 Å². The SMILES string of the molecule is COc1c(C(C)=O)cc2c(c1Br)C(C)(C)CC=C2C(C)(C)C. The van der Waals surface area contributed by atoms with Crippen molar-refractivity contribution >= 4 is 27.3 Å². The lowest BCUT2D eigenvalue weighted by Crippen LogP contribution is -2.26. The van der Waals surface area contributed by atoms with Crippen LogP contribution in [0, 0.1) is 5.41 Å². The van der Waals surface area contributed by atoms with E-state index in [4.69, 9.17) is 4.74 Å². The van der Waals surface area contributed by atoms with Gasteiger partial charge in [-0.2, -0.15) is 0 Å². The number of halogens is 1. The molecular weight excluding hydrogens is 340 g/mol. The van der Waals surface area contributed by atoms with Crippen LogP contribution in [0.2, 0.25) is 0 Å². The first-order valence-corrected chi connectivity index (χ1v) is 8.43. The molecule has 0 amide bonds. The number of ketones is 1. The molecule has 120 valence electrons. The van der Waals surface area contributed by atoms with Gasteiger partial charge in [-0.25, -0.2) is 0 Å². The van der Waals surface area contributed by atoms with E-state index in [0.717, 1.165) is 10.9 Å². The molecule has 0 aromatic heterocycles. The Kier molecular flexibility index (Phi) is 4.33. The van der Waals surface area contributed by atoms with Crippen molar-refractivity contribution in [3.05, 3.63) is 33.3 Å². The van der Waals surface area contributed by atoms with Crippen LogP contribution in [0.15, 0.2) is 16.6 Å². The molecule has 0 saturated heterocycles. The molecule has 2 nitrogen and oxygen atoms in total. The van der Waals surface area contributed by atoms with Crippen molar-refractivity contribution in [1.82, 2.24) is 0 Å².